The minimum absolute atomic E-state index is 0.0109. The highest BCUT2D eigenvalue weighted by molar-refractivity contribution is 6.14. The van der Waals surface area contributed by atoms with Crippen molar-refractivity contribution in [2.75, 3.05) is 0 Å². The molecule has 0 radical (unpaired) electrons. The van der Waals surface area contributed by atoms with Crippen LogP contribution in [0.15, 0.2) is 72.5 Å². The second-order valence-electron chi connectivity index (χ2n) is 8.37. The molecule has 0 fully saturated rings. The predicted octanol–water partition coefficient (Wildman–Crippen LogP) is 5.96. The summed E-state index contributed by atoms with van der Waals surface area (Å²) in [6, 6.07) is 17.7. The van der Waals surface area contributed by atoms with Gasteiger partial charge in [-0.3, -0.25) is 4.79 Å². The summed E-state index contributed by atoms with van der Waals surface area (Å²) in [6.45, 7) is 6.30. The van der Waals surface area contributed by atoms with Crippen LogP contribution in [0.2, 0.25) is 0 Å². The summed E-state index contributed by atoms with van der Waals surface area (Å²) in [5.74, 6) is -0.566. The van der Waals surface area contributed by atoms with Crippen LogP contribution >= 0.6 is 0 Å². The summed E-state index contributed by atoms with van der Waals surface area (Å²) >= 11 is 0. The van der Waals surface area contributed by atoms with Crippen LogP contribution in [-0.2, 0) is 5.41 Å². The zero-order valence-corrected chi connectivity index (χ0v) is 17.4. The van der Waals surface area contributed by atoms with E-state index in [1.54, 1.807) is 36.4 Å². The largest absolute Gasteiger partial charge is 0.452 e. The third-order valence-electron chi connectivity index (χ3n) is 4.99. The molecule has 0 aromatic heterocycles. The van der Waals surface area contributed by atoms with Gasteiger partial charge in [0.25, 0.3) is 0 Å². The smallest absolute Gasteiger partial charge is 0.343 e. The van der Waals surface area contributed by atoms with E-state index in [-0.39, 0.29) is 22.7 Å². The summed E-state index contributed by atoms with van der Waals surface area (Å²) in [5, 5.41) is 0. The molecule has 0 saturated heterocycles. The van der Waals surface area contributed by atoms with Crippen LogP contribution in [0.1, 0.15) is 52.6 Å². The molecule has 0 amide bonds. The topological polar surface area (TPSA) is 52.6 Å². The van der Waals surface area contributed by atoms with Gasteiger partial charge in [0.1, 0.15) is 17.3 Å². The molecule has 0 spiro atoms. The second-order valence-corrected chi connectivity index (χ2v) is 8.37. The highest BCUT2D eigenvalue weighted by atomic mass is 19.1. The SMILES string of the molecule is CC(C)(C)c1ccc(C(=O)Oc2ccc3c(c2)O/C(=C\c2cccc(F)c2)C3=O)cc1. The molecule has 0 unspecified atom stereocenters. The van der Waals surface area contributed by atoms with E-state index in [0.29, 0.717) is 22.4 Å². The van der Waals surface area contributed by atoms with Gasteiger partial charge in [-0.2, -0.15) is 0 Å². The van der Waals surface area contributed by atoms with E-state index in [1.165, 1.54) is 24.3 Å². The van der Waals surface area contributed by atoms with Crippen molar-refractivity contribution in [3.8, 4) is 11.5 Å². The summed E-state index contributed by atoms with van der Waals surface area (Å²) in [6.07, 6.45) is 1.48. The van der Waals surface area contributed by atoms with E-state index in [4.69, 9.17) is 9.47 Å². The molecule has 156 valence electrons. The van der Waals surface area contributed by atoms with Crippen molar-refractivity contribution in [1.82, 2.24) is 0 Å². The number of carbonyl (C=O) groups excluding carboxylic acids is 2. The number of hydrogen-bond donors (Lipinski definition) is 0. The lowest BCUT2D eigenvalue weighted by atomic mass is 9.87. The molecule has 1 heterocycles. The lowest BCUT2D eigenvalue weighted by molar-refractivity contribution is 0.0734. The molecular formula is C26H21FO4. The zero-order valence-electron chi connectivity index (χ0n) is 17.4. The van der Waals surface area contributed by atoms with Crippen LogP contribution in [0.25, 0.3) is 6.08 Å². The Hall–Kier alpha value is -3.73. The first kappa shape index (κ1) is 20.5. The number of carbonyl (C=O) groups is 2. The van der Waals surface area contributed by atoms with Crippen molar-refractivity contribution in [3.63, 3.8) is 0 Å². The van der Waals surface area contributed by atoms with Crippen LogP contribution in [-0.4, -0.2) is 11.8 Å². The van der Waals surface area contributed by atoms with E-state index in [9.17, 15) is 14.0 Å². The van der Waals surface area contributed by atoms with Crippen LogP contribution in [0.5, 0.6) is 11.5 Å². The van der Waals surface area contributed by atoms with Crippen LogP contribution in [0.4, 0.5) is 4.39 Å². The van der Waals surface area contributed by atoms with Gasteiger partial charge in [0.2, 0.25) is 5.78 Å². The maximum Gasteiger partial charge on any atom is 0.343 e. The molecule has 0 saturated carbocycles. The van der Waals surface area contributed by atoms with Gasteiger partial charge in [-0.1, -0.05) is 45.0 Å². The Bertz CT molecular complexity index is 1200. The first-order chi connectivity index (χ1) is 14.7. The minimum atomic E-state index is -0.500. The van der Waals surface area contributed by atoms with Crippen LogP contribution in [0, 0.1) is 5.82 Å². The van der Waals surface area contributed by atoms with Gasteiger partial charge in [-0.15, -0.1) is 0 Å². The minimum Gasteiger partial charge on any atom is -0.452 e. The molecule has 31 heavy (non-hydrogen) atoms. The van der Waals surface area contributed by atoms with Crippen molar-refractivity contribution >= 4 is 17.8 Å². The number of ether oxygens (including phenoxy) is 2. The number of hydrogen-bond acceptors (Lipinski definition) is 4. The normalized spacial score (nSPS) is 14.3. The average Bonchev–Trinajstić information content (AvgIpc) is 3.02. The quantitative estimate of drug-likeness (QED) is 0.300. The molecule has 0 bridgehead atoms. The molecule has 0 atom stereocenters. The first-order valence-corrected chi connectivity index (χ1v) is 9.87. The maximum atomic E-state index is 13.4. The number of allylic oxidation sites excluding steroid dienone is 1. The lowest BCUT2D eigenvalue weighted by Gasteiger charge is -2.18. The van der Waals surface area contributed by atoms with Crippen molar-refractivity contribution in [3.05, 3.63) is 101 Å². The van der Waals surface area contributed by atoms with E-state index in [0.717, 1.165) is 5.56 Å². The zero-order chi connectivity index (χ0) is 22.2. The number of halogens is 1. The summed E-state index contributed by atoms with van der Waals surface area (Å²) in [7, 11) is 0. The summed E-state index contributed by atoms with van der Waals surface area (Å²) < 4.78 is 24.5. The average molecular weight is 416 g/mol. The fraction of sp³-hybridized carbons (Fsp3) is 0.154. The van der Waals surface area contributed by atoms with Crippen molar-refractivity contribution in [2.24, 2.45) is 0 Å². The van der Waals surface area contributed by atoms with Crippen LogP contribution in [0.3, 0.4) is 0 Å². The Morgan fingerprint density at radius 3 is 2.42 bits per heavy atom. The molecule has 1 aliphatic heterocycles. The standard InChI is InChI=1S/C26H21FO4/c1-26(2,3)18-9-7-17(8-10-18)25(29)30-20-11-12-21-22(15-20)31-23(24(21)28)14-16-5-4-6-19(27)13-16/h4-15H,1-3H3/b23-14-. The van der Waals surface area contributed by atoms with Gasteiger partial charge in [0.05, 0.1) is 11.1 Å². The van der Waals surface area contributed by atoms with Gasteiger partial charge in [0, 0.05) is 6.07 Å². The van der Waals surface area contributed by atoms with Crippen molar-refractivity contribution < 1.29 is 23.5 Å². The fourth-order valence-corrected chi connectivity index (χ4v) is 3.25. The summed E-state index contributed by atoms with van der Waals surface area (Å²) in [4.78, 5) is 25.1. The van der Waals surface area contributed by atoms with E-state index in [2.05, 4.69) is 20.8 Å². The summed E-state index contributed by atoms with van der Waals surface area (Å²) in [5.41, 5.74) is 2.41. The lowest BCUT2D eigenvalue weighted by Crippen LogP contribution is -2.12. The monoisotopic (exact) mass is 416 g/mol. The highest BCUT2D eigenvalue weighted by Crippen LogP contribution is 2.35. The number of benzene rings is 3. The highest BCUT2D eigenvalue weighted by Gasteiger charge is 2.28. The Morgan fingerprint density at radius 2 is 1.74 bits per heavy atom. The molecule has 4 rings (SSSR count). The number of fused-ring (bicyclic) bond motifs is 1. The molecule has 5 heteroatoms. The first-order valence-electron chi connectivity index (χ1n) is 9.87. The van der Waals surface area contributed by atoms with Crippen molar-refractivity contribution in [1.29, 1.82) is 0 Å². The molecule has 0 N–H and O–H groups in total. The van der Waals surface area contributed by atoms with E-state index in [1.807, 2.05) is 12.1 Å². The van der Waals surface area contributed by atoms with E-state index >= 15 is 0 Å². The molecule has 0 aliphatic carbocycles. The fourth-order valence-electron chi connectivity index (χ4n) is 3.25. The molecule has 3 aromatic rings. The van der Waals surface area contributed by atoms with Crippen LogP contribution < -0.4 is 9.47 Å². The predicted molar refractivity (Wildman–Crippen MR) is 116 cm³/mol. The number of esters is 1. The number of ketones is 1. The maximum absolute atomic E-state index is 13.4. The Kier molecular flexibility index (Phi) is 5.19. The number of Topliss-reactive ketones (excluding diaryl/α,β-unsaturated/α-hetero) is 1. The molecule has 1 aliphatic rings. The third kappa shape index (κ3) is 4.40. The van der Waals surface area contributed by atoms with Gasteiger partial charge in [0.15, 0.2) is 5.76 Å². The van der Waals surface area contributed by atoms with Gasteiger partial charge in [-0.05, 0) is 59.0 Å². The second kappa shape index (κ2) is 7.84. The Morgan fingerprint density at radius 1 is 1.00 bits per heavy atom. The van der Waals surface area contributed by atoms with Gasteiger partial charge in [-0.25, -0.2) is 9.18 Å². The van der Waals surface area contributed by atoms with Crippen molar-refractivity contribution in [2.45, 2.75) is 26.2 Å². The Balaban J connectivity index is 1.51. The molecule has 4 nitrogen and oxygen atoms in total. The number of rotatable bonds is 3. The van der Waals surface area contributed by atoms with Gasteiger partial charge < -0.3 is 9.47 Å². The molecular weight excluding hydrogens is 395 g/mol. The van der Waals surface area contributed by atoms with E-state index < -0.39 is 11.8 Å². The van der Waals surface area contributed by atoms with Gasteiger partial charge >= 0.3 is 5.97 Å². The Labute approximate surface area is 179 Å². The molecule has 3 aromatic carbocycles. The third-order valence-corrected chi connectivity index (χ3v) is 4.99.